The summed E-state index contributed by atoms with van der Waals surface area (Å²) < 4.78 is 7.34. The fraction of sp³-hybridized carbons (Fsp3) is 0.240. The van der Waals surface area contributed by atoms with E-state index in [-0.39, 0.29) is 5.91 Å². The van der Waals surface area contributed by atoms with Crippen LogP contribution < -0.4 is 5.32 Å². The third-order valence-corrected chi connectivity index (χ3v) is 5.88. The van der Waals surface area contributed by atoms with Crippen molar-refractivity contribution in [1.82, 2.24) is 19.4 Å². The molecule has 7 heteroatoms. The molecule has 0 unspecified atom stereocenters. The number of amides is 1. The van der Waals surface area contributed by atoms with Gasteiger partial charge < -0.3 is 19.5 Å². The Morgan fingerprint density at radius 1 is 1.00 bits per heavy atom. The number of hydrogen-bond acceptors (Lipinski definition) is 5. The average Bonchev–Trinajstić information content (AvgIpc) is 3.25. The first-order valence-electron chi connectivity index (χ1n) is 10.7. The number of hydrogen-bond donors (Lipinski definition) is 1. The molecular formula is C25H25N5O2. The Labute approximate surface area is 186 Å². The van der Waals surface area contributed by atoms with Gasteiger partial charge in [0.15, 0.2) is 0 Å². The molecule has 1 saturated heterocycles. The largest absolute Gasteiger partial charge is 0.378 e. The van der Waals surface area contributed by atoms with Gasteiger partial charge >= 0.3 is 0 Å². The number of rotatable bonds is 4. The molecule has 0 saturated carbocycles. The first-order valence-corrected chi connectivity index (χ1v) is 10.7. The Morgan fingerprint density at radius 3 is 2.53 bits per heavy atom. The SMILES string of the molecule is Cc1ccc(Nc2ncc3ccn(-c4ccc(C(=O)N5CCOCC5)cc4)c3n2)cc1C. The van der Waals surface area contributed by atoms with Crippen LogP contribution in [0.1, 0.15) is 21.5 Å². The molecule has 5 rings (SSSR count). The molecule has 1 N–H and O–H groups in total. The van der Waals surface area contributed by atoms with Crippen molar-refractivity contribution in [3.8, 4) is 5.69 Å². The highest BCUT2D eigenvalue weighted by molar-refractivity contribution is 5.94. The van der Waals surface area contributed by atoms with Gasteiger partial charge in [-0.05, 0) is 67.4 Å². The van der Waals surface area contributed by atoms with Gasteiger partial charge in [0.25, 0.3) is 5.91 Å². The van der Waals surface area contributed by atoms with Crippen LogP contribution in [0.3, 0.4) is 0 Å². The van der Waals surface area contributed by atoms with E-state index in [1.54, 1.807) is 0 Å². The summed E-state index contributed by atoms with van der Waals surface area (Å²) in [4.78, 5) is 23.7. The van der Waals surface area contributed by atoms with Gasteiger partial charge in [0.05, 0.1) is 13.2 Å². The molecule has 0 bridgehead atoms. The molecule has 0 atom stereocenters. The Morgan fingerprint density at radius 2 is 1.78 bits per heavy atom. The monoisotopic (exact) mass is 427 g/mol. The standard InChI is InChI=1S/C25H25N5O2/c1-17-3-6-21(15-18(17)2)27-25-26-16-20-9-10-30(23(20)28-25)22-7-4-19(5-8-22)24(31)29-11-13-32-14-12-29/h3-10,15-16H,11-14H2,1-2H3,(H,26,27,28). The summed E-state index contributed by atoms with van der Waals surface area (Å²) in [5.41, 5.74) is 5.84. The summed E-state index contributed by atoms with van der Waals surface area (Å²) in [7, 11) is 0. The number of carbonyl (C=O) groups is 1. The van der Waals surface area contributed by atoms with E-state index in [0.717, 1.165) is 22.4 Å². The van der Waals surface area contributed by atoms with Gasteiger partial charge in [0.1, 0.15) is 5.65 Å². The van der Waals surface area contributed by atoms with E-state index in [0.29, 0.717) is 37.8 Å². The van der Waals surface area contributed by atoms with Crippen LogP contribution in [0.15, 0.2) is 60.9 Å². The van der Waals surface area contributed by atoms with E-state index >= 15 is 0 Å². The van der Waals surface area contributed by atoms with Crippen LogP contribution in [0.5, 0.6) is 0 Å². The predicted molar refractivity (Wildman–Crippen MR) is 125 cm³/mol. The van der Waals surface area contributed by atoms with Crippen LogP contribution in [0.4, 0.5) is 11.6 Å². The molecular weight excluding hydrogens is 402 g/mol. The first-order chi connectivity index (χ1) is 15.6. The van der Waals surface area contributed by atoms with E-state index in [2.05, 4.69) is 36.3 Å². The smallest absolute Gasteiger partial charge is 0.254 e. The number of nitrogens with zero attached hydrogens (tertiary/aromatic N) is 4. The molecule has 1 amide bonds. The van der Waals surface area contributed by atoms with Gasteiger partial charge in [-0.25, -0.2) is 4.98 Å². The average molecular weight is 428 g/mol. The highest BCUT2D eigenvalue weighted by Crippen LogP contribution is 2.22. The number of aryl methyl sites for hydroxylation is 2. The van der Waals surface area contributed by atoms with Gasteiger partial charge in [-0.2, -0.15) is 4.98 Å². The molecule has 1 aliphatic heterocycles. The van der Waals surface area contributed by atoms with Gasteiger partial charge in [-0.15, -0.1) is 0 Å². The van der Waals surface area contributed by atoms with Crippen molar-refractivity contribution in [3.63, 3.8) is 0 Å². The second kappa shape index (κ2) is 8.43. The third kappa shape index (κ3) is 3.94. The fourth-order valence-electron chi connectivity index (χ4n) is 3.85. The molecule has 7 nitrogen and oxygen atoms in total. The summed E-state index contributed by atoms with van der Waals surface area (Å²) in [5.74, 6) is 0.583. The molecule has 3 heterocycles. The lowest BCUT2D eigenvalue weighted by atomic mass is 10.1. The van der Waals surface area contributed by atoms with Gasteiger partial charge in [-0.3, -0.25) is 4.79 Å². The van der Waals surface area contributed by atoms with Gasteiger partial charge in [0, 0.05) is 47.8 Å². The van der Waals surface area contributed by atoms with E-state index in [4.69, 9.17) is 9.72 Å². The maximum atomic E-state index is 12.7. The lowest BCUT2D eigenvalue weighted by Crippen LogP contribution is -2.40. The number of fused-ring (bicyclic) bond motifs is 1. The van der Waals surface area contributed by atoms with Crippen molar-refractivity contribution in [2.75, 3.05) is 31.6 Å². The molecule has 0 spiro atoms. The zero-order valence-corrected chi connectivity index (χ0v) is 18.2. The first kappa shape index (κ1) is 20.2. The summed E-state index contributed by atoms with van der Waals surface area (Å²) in [6, 6.07) is 15.8. The van der Waals surface area contributed by atoms with E-state index in [1.165, 1.54) is 11.1 Å². The minimum Gasteiger partial charge on any atom is -0.378 e. The number of ether oxygens (including phenoxy) is 1. The molecule has 0 aliphatic carbocycles. The minimum atomic E-state index is 0.0411. The molecule has 1 aliphatic rings. The van der Waals surface area contributed by atoms with E-state index < -0.39 is 0 Å². The Balaban J connectivity index is 1.40. The van der Waals surface area contributed by atoms with E-state index in [9.17, 15) is 4.79 Å². The van der Waals surface area contributed by atoms with Crippen LogP contribution in [-0.4, -0.2) is 51.6 Å². The number of anilines is 2. The minimum absolute atomic E-state index is 0.0411. The lowest BCUT2D eigenvalue weighted by Gasteiger charge is -2.26. The second-order valence-corrected chi connectivity index (χ2v) is 8.03. The maximum Gasteiger partial charge on any atom is 0.254 e. The summed E-state index contributed by atoms with van der Waals surface area (Å²) >= 11 is 0. The van der Waals surface area contributed by atoms with Crippen molar-refractivity contribution in [3.05, 3.63) is 77.6 Å². The summed E-state index contributed by atoms with van der Waals surface area (Å²) in [6.45, 7) is 6.64. The predicted octanol–water partition coefficient (Wildman–Crippen LogP) is 4.25. The second-order valence-electron chi connectivity index (χ2n) is 8.03. The molecule has 162 valence electrons. The third-order valence-electron chi connectivity index (χ3n) is 5.88. The highest BCUT2D eigenvalue weighted by atomic mass is 16.5. The number of carbonyl (C=O) groups excluding carboxylic acids is 1. The summed E-state index contributed by atoms with van der Waals surface area (Å²) in [6.07, 6.45) is 3.79. The van der Waals surface area contributed by atoms with Gasteiger partial charge in [0.2, 0.25) is 5.95 Å². The van der Waals surface area contributed by atoms with Crippen LogP contribution in [0, 0.1) is 13.8 Å². The number of aromatic nitrogens is 3. The van der Waals surface area contributed by atoms with Crippen LogP contribution >= 0.6 is 0 Å². The van der Waals surface area contributed by atoms with Crippen LogP contribution in [0.25, 0.3) is 16.7 Å². The molecule has 0 radical (unpaired) electrons. The molecule has 4 aromatic rings. The topological polar surface area (TPSA) is 72.3 Å². The Bertz CT molecular complexity index is 1270. The highest BCUT2D eigenvalue weighted by Gasteiger charge is 2.18. The van der Waals surface area contributed by atoms with Crippen molar-refractivity contribution < 1.29 is 9.53 Å². The van der Waals surface area contributed by atoms with Crippen molar-refractivity contribution in [2.45, 2.75) is 13.8 Å². The zero-order valence-electron chi connectivity index (χ0n) is 18.2. The molecule has 32 heavy (non-hydrogen) atoms. The summed E-state index contributed by atoms with van der Waals surface area (Å²) in [5, 5.41) is 4.25. The van der Waals surface area contributed by atoms with Gasteiger partial charge in [-0.1, -0.05) is 6.07 Å². The Hall–Kier alpha value is -3.71. The lowest BCUT2D eigenvalue weighted by molar-refractivity contribution is 0.0303. The number of benzene rings is 2. The van der Waals surface area contributed by atoms with Crippen LogP contribution in [-0.2, 0) is 4.74 Å². The number of nitrogens with one attached hydrogen (secondary N) is 1. The molecule has 2 aromatic heterocycles. The van der Waals surface area contributed by atoms with Crippen molar-refractivity contribution >= 4 is 28.6 Å². The van der Waals surface area contributed by atoms with E-state index in [1.807, 2.05) is 58.3 Å². The normalized spacial score (nSPS) is 14.0. The van der Waals surface area contributed by atoms with Crippen molar-refractivity contribution in [2.24, 2.45) is 0 Å². The quantitative estimate of drug-likeness (QED) is 0.527. The fourth-order valence-corrected chi connectivity index (χ4v) is 3.85. The molecule has 1 fully saturated rings. The zero-order chi connectivity index (χ0) is 22.1. The van der Waals surface area contributed by atoms with Crippen molar-refractivity contribution in [1.29, 1.82) is 0 Å². The number of morpholine rings is 1. The Kier molecular flexibility index (Phi) is 5.33. The molecule has 2 aromatic carbocycles. The maximum absolute atomic E-state index is 12.7. The van der Waals surface area contributed by atoms with Crippen LogP contribution in [0.2, 0.25) is 0 Å².